The van der Waals surface area contributed by atoms with E-state index in [9.17, 15) is 4.79 Å². The van der Waals surface area contributed by atoms with Crippen molar-refractivity contribution in [3.05, 3.63) is 30.3 Å². The lowest BCUT2D eigenvalue weighted by atomic mass is 10.3. The quantitative estimate of drug-likeness (QED) is 0.514. The molecule has 1 amide bonds. The summed E-state index contributed by atoms with van der Waals surface area (Å²) in [6, 6.07) is 8.92. The van der Waals surface area contributed by atoms with Crippen LogP contribution in [-0.4, -0.2) is 25.0 Å². The first-order valence-corrected chi connectivity index (χ1v) is 5.00. The Balaban J connectivity index is 2.61. The fourth-order valence-corrected chi connectivity index (χ4v) is 1.18. The van der Waals surface area contributed by atoms with Crippen LogP contribution < -0.4 is 16.4 Å². The average Bonchev–Trinajstić information content (AvgIpc) is 2.29. The molecular formula is C11H16N4O. The summed E-state index contributed by atoms with van der Waals surface area (Å²) in [6.45, 7) is 1.68. The minimum Gasteiger partial charge on any atom is -0.370 e. The normalized spacial score (nSPS) is 13.0. The molecule has 5 nitrogen and oxygen atoms in total. The number of carbonyl (C=O) groups is 1. The van der Waals surface area contributed by atoms with E-state index in [1.54, 1.807) is 14.0 Å². The van der Waals surface area contributed by atoms with Gasteiger partial charge in [-0.3, -0.25) is 4.79 Å². The van der Waals surface area contributed by atoms with E-state index in [1.807, 2.05) is 30.3 Å². The summed E-state index contributed by atoms with van der Waals surface area (Å²) in [5.74, 6) is 0.0557. The Morgan fingerprint density at radius 1 is 1.38 bits per heavy atom. The summed E-state index contributed by atoms with van der Waals surface area (Å²) >= 11 is 0. The first-order chi connectivity index (χ1) is 7.63. The fourth-order valence-electron chi connectivity index (χ4n) is 1.18. The molecule has 0 aliphatic heterocycles. The molecule has 1 rings (SSSR count). The molecule has 5 heteroatoms. The van der Waals surface area contributed by atoms with Gasteiger partial charge in [-0.1, -0.05) is 18.2 Å². The second kappa shape index (κ2) is 5.75. The van der Waals surface area contributed by atoms with Crippen LogP contribution in [0.5, 0.6) is 0 Å². The van der Waals surface area contributed by atoms with E-state index in [2.05, 4.69) is 15.6 Å². The van der Waals surface area contributed by atoms with Gasteiger partial charge in [0, 0.05) is 12.7 Å². The van der Waals surface area contributed by atoms with E-state index < -0.39 is 6.04 Å². The van der Waals surface area contributed by atoms with Crippen LogP contribution in [-0.2, 0) is 4.79 Å². The molecule has 0 saturated carbocycles. The Morgan fingerprint density at radius 3 is 2.56 bits per heavy atom. The number of para-hydroxylation sites is 1. The molecule has 0 spiro atoms. The van der Waals surface area contributed by atoms with Crippen LogP contribution in [0.25, 0.3) is 0 Å². The fraction of sp³-hybridized carbons (Fsp3) is 0.273. The van der Waals surface area contributed by atoms with E-state index in [1.165, 1.54) is 0 Å². The van der Waals surface area contributed by atoms with Crippen molar-refractivity contribution in [2.24, 2.45) is 10.7 Å². The third-order valence-electron chi connectivity index (χ3n) is 2.00. The number of nitrogens with one attached hydrogen (secondary N) is 2. The molecule has 1 unspecified atom stereocenters. The molecule has 1 aromatic rings. The van der Waals surface area contributed by atoms with Gasteiger partial charge in [0.1, 0.15) is 6.04 Å². The molecule has 0 heterocycles. The van der Waals surface area contributed by atoms with Gasteiger partial charge >= 0.3 is 0 Å². The van der Waals surface area contributed by atoms with Crippen LogP contribution in [0.3, 0.4) is 0 Å². The lowest BCUT2D eigenvalue weighted by molar-refractivity contribution is -0.121. The van der Waals surface area contributed by atoms with Crippen molar-refractivity contribution in [3.8, 4) is 0 Å². The van der Waals surface area contributed by atoms with E-state index in [-0.39, 0.29) is 11.9 Å². The maximum absolute atomic E-state index is 11.2. The lowest BCUT2D eigenvalue weighted by Crippen LogP contribution is -2.32. The van der Waals surface area contributed by atoms with Crippen molar-refractivity contribution in [2.45, 2.75) is 13.0 Å². The molecule has 0 aromatic heterocycles. The van der Waals surface area contributed by atoms with Crippen molar-refractivity contribution >= 4 is 17.6 Å². The number of guanidine groups is 1. The van der Waals surface area contributed by atoms with Gasteiger partial charge in [0.2, 0.25) is 5.91 Å². The zero-order valence-corrected chi connectivity index (χ0v) is 9.40. The van der Waals surface area contributed by atoms with Gasteiger partial charge in [-0.2, -0.15) is 0 Å². The molecule has 0 fully saturated rings. The van der Waals surface area contributed by atoms with Gasteiger partial charge in [0.15, 0.2) is 5.96 Å². The van der Waals surface area contributed by atoms with Crippen LogP contribution in [0.2, 0.25) is 0 Å². The second-order valence-corrected chi connectivity index (χ2v) is 3.30. The number of likely N-dealkylation sites (N-methyl/N-ethyl adjacent to an activating group) is 1. The van der Waals surface area contributed by atoms with Gasteiger partial charge in [0.25, 0.3) is 0 Å². The number of hydrogen-bond acceptors (Lipinski definition) is 2. The van der Waals surface area contributed by atoms with Crippen LogP contribution in [0, 0.1) is 0 Å². The number of amides is 1. The summed E-state index contributed by atoms with van der Waals surface area (Å²) in [4.78, 5) is 15.2. The van der Waals surface area contributed by atoms with Gasteiger partial charge in [0.05, 0.1) is 0 Å². The zero-order valence-electron chi connectivity index (χ0n) is 9.40. The van der Waals surface area contributed by atoms with Crippen molar-refractivity contribution in [2.75, 3.05) is 12.4 Å². The molecule has 16 heavy (non-hydrogen) atoms. The molecule has 4 N–H and O–H groups in total. The summed E-state index contributed by atoms with van der Waals surface area (Å²) in [5.41, 5.74) is 6.50. The smallest absolute Gasteiger partial charge is 0.244 e. The van der Waals surface area contributed by atoms with Gasteiger partial charge in [-0.05, 0) is 19.1 Å². The zero-order chi connectivity index (χ0) is 12.0. The van der Waals surface area contributed by atoms with E-state index >= 15 is 0 Å². The van der Waals surface area contributed by atoms with E-state index in [4.69, 9.17) is 5.73 Å². The van der Waals surface area contributed by atoms with Crippen molar-refractivity contribution in [1.29, 1.82) is 0 Å². The maximum Gasteiger partial charge on any atom is 0.244 e. The van der Waals surface area contributed by atoms with Gasteiger partial charge < -0.3 is 16.4 Å². The molecule has 1 atom stereocenters. The highest BCUT2D eigenvalue weighted by Gasteiger charge is 2.09. The summed E-state index contributed by atoms with van der Waals surface area (Å²) < 4.78 is 0. The van der Waals surface area contributed by atoms with Crippen LogP contribution in [0.15, 0.2) is 35.3 Å². The maximum atomic E-state index is 11.2. The van der Waals surface area contributed by atoms with Crippen LogP contribution in [0.1, 0.15) is 6.92 Å². The third-order valence-corrected chi connectivity index (χ3v) is 2.00. The predicted octanol–water partition coefficient (Wildman–Crippen LogP) is 0.548. The van der Waals surface area contributed by atoms with Crippen molar-refractivity contribution in [3.63, 3.8) is 0 Å². The Labute approximate surface area is 94.8 Å². The Hall–Kier alpha value is -2.04. The number of benzene rings is 1. The summed E-state index contributed by atoms with van der Waals surface area (Å²) in [7, 11) is 1.56. The van der Waals surface area contributed by atoms with Gasteiger partial charge in [-0.15, -0.1) is 0 Å². The largest absolute Gasteiger partial charge is 0.370 e. The number of nitrogens with zero attached hydrogens (tertiary/aromatic N) is 1. The van der Waals surface area contributed by atoms with Crippen molar-refractivity contribution in [1.82, 2.24) is 5.32 Å². The number of nitrogens with two attached hydrogens (primary N) is 1. The summed E-state index contributed by atoms with van der Waals surface area (Å²) in [5, 5.41) is 5.40. The van der Waals surface area contributed by atoms with E-state index in [0.717, 1.165) is 5.69 Å². The molecular weight excluding hydrogens is 204 g/mol. The first-order valence-electron chi connectivity index (χ1n) is 5.00. The number of anilines is 1. The number of carbonyl (C=O) groups excluding carboxylic acids is 1. The van der Waals surface area contributed by atoms with Crippen LogP contribution >= 0.6 is 0 Å². The molecule has 0 bridgehead atoms. The molecule has 1 aromatic carbocycles. The van der Waals surface area contributed by atoms with Crippen molar-refractivity contribution < 1.29 is 4.79 Å². The minimum atomic E-state index is -0.499. The Morgan fingerprint density at radius 2 is 2.00 bits per heavy atom. The monoisotopic (exact) mass is 220 g/mol. The third kappa shape index (κ3) is 3.61. The second-order valence-electron chi connectivity index (χ2n) is 3.30. The number of rotatable bonds is 3. The Kier molecular flexibility index (Phi) is 4.32. The number of aliphatic imine (C=N–C) groups is 1. The SMILES string of the molecule is CNC(=O)C(C)N=C(N)Nc1ccccc1. The molecule has 86 valence electrons. The topological polar surface area (TPSA) is 79.5 Å². The lowest BCUT2D eigenvalue weighted by Gasteiger charge is -2.08. The predicted molar refractivity (Wildman–Crippen MR) is 65.2 cm³/mol. The average molecular weight is 220 g/mol. The molecule has 0 aliphatic rings. The van der Waals surface area contributed by atoms with E-state index in [0.29, 0.717) is 0 Å². The standard InChI is InChI=1S/C11H16N4O/c1-8(10(16)13-2)14-11(12)15-9-6-4-3-5-7-9/h3-8H,1-2H3,(H,13,16)(H3,12,14,15). The number of hydrogen-bond donors (Lipinski definition) is 3. The Bertz CT molecular complexity index is 375. The molecule has 0 aliphatic carbocycles. The van der Waals surface area contributed by atoms with Crippen LogP contribution in [0.4, 0.5) is 5.69 Å². The highest BCUT2D eigenvalue weighted by atomic mass is 16.2. The summed E-state index contributed by atoms with van der Waals surface area (Å²) in [6.07, 6.45) is 0. The first kappa shape index (κ1) is 12.0. The minimum absolute atomic E-state index is 0.169. The molecule has 0 saturated heterocycles. The van der Waals surface area contributed by atoms with Gasteiger partial charge in [-0.25, -0.2) is 4.99 Å². The molecule has 0 radical (unpaired) electrons. The highest BCUT2D eigenvalue weighted by molar-refractivity contribution is 5.94. The highest BCUT2D eigenvalue weighted by Crippen LogP contribution is 2.04.